The first-order chi connectivity index (χ1) is 11.2. The van der Waals surface area contributed by atoms with E-state index in [1.807, 2.05) is 54.2 Å². The van der Waals surface area contributed by atoms with Crippen molar-refractivity contribution in [1.29, 1.82) is 0 Å². The lowest BCUT2D eigenvalue weighted by Gasteiger charge is -2.02. The average molecular weight is 301 g/mol. The summed E-state index contributed by atoms with van der Waals surface area (Å²) in [5.41, 5.74) is 3.26. The van der Waals surface area contributed by atoms with Gasteiger partial charge in [0.05, 0.1) is 17.4 Å². The van der Waals surface area contributed by atoms with Crippen molar-refractivity contribution in [3.63, 3.8) is 0 Å². The summed E-state index contributed by atoms with van der Waals surface area (Å²) in [5.74, 6) is 6.05. The Morgan fingerprint density at radius 2 is 2.09 bits per heavy atom. The van der Waals surface area contributed by atoms with Crippen LogP contribution in [-0.4, -0.2) is 15.5 Å². The van der Waals surface area contributed by atoms with Gasteiger partial charge in [0.25, 0.3) is 0 Å². The van der Waals surface area contributed by atoms with Crippen LogP contribution in [0.15, 0.2) is 61.4 Å². The summed E-state index contributed by atoms with van der Waals surface area (Å²) in [6.45, 7) is 3.44. The lowest BCUT2D eigenvalue weighted by atomic mass is 10.2. The normalized spacial score (nSPS) is 9.96. The number of nitrogens with zero attached hydrogens (tertiary/aromatic N) is 2. The molecule has 3 rings (SSSR count). The van der Waals surface area contributed by atoms with Gasteiger partial charge in [-0.15, -0.1) is 0 Å². The number of rotatable bonds is 2. The zero-order valence-electron chi connectivity index (χ0n) is 12.7. The number of benzene rings is 1. The molecule has 3 aromatic rings. The minimum absolute atomic E-state index is 0.265. The van der Waals surface area contributed by atoms with Crippen molar-refractivity contribution in [2.24, 2.45) is 7.05 Å². The third-order valence-corrected chi connectivity index (χ3v) is 3.38. The van der Waals surface area contributed by atoms with Gasteiger partial charge in [-0.3, -0.25) is 4.79 Å². The van der Waals surface area contributed by atoms with Crippen LogP contribution in [0.1, 0.15) is 11.1 Å². The topological polar surface area (TPSA) is 46.9 Å². The Morgan fingerprint density at radius 1 is 1.30 bits per heavy atom. The van der Waals surface area contributed by atoms with Crippen LogP contribution in [0.5, 0.6) is 0 Å². The fourth-order valence-corrected chi connectivity index (χ4v) is 2.28. The molecule has 0 aliphatic heterocycles. The highest BCUT2D eigenvalue weighted by Gasteiger charge is 2.08. The highest BCUT2D eigenvalue weighted by molar-refractivity contribution is 6.00. The molecule has 0 saturated carbocycles. The summed E-state index contributed by atoms with van der Waals surface area (Å²) in [6, 6.07) is 11.7. The maximum Gasteiger partial charge on any atom is 0.247 e. The first-order valence-corrected chi connectivity index (χ1v) is 7.13. The number of aryl methyl sites for hydroxylation is 1. The maximum absolute atomic E-state index is 11.4. The minimum Gasteiger partial charge on any atom is -0.334 e. The third-order valence-electron chi connectivity index (χ3n) is 3.38. The molecule has 2 heterocycles. The zero-order valence-corrected chi connectivity index (χ0v) is 12.7. The van der Waals surface area contributed by atoms with E-state index >= 15 is 0 Å². The van der Waals surface area contributed by atoms with Gasteiger partial charge in [0, 0.05) is 24.2 Å². The smallest absolute Gasteiger partial charge is 0.247 e. The molecule has 0 bridgehead atoms. The molecule has 1 aromatic carbocycles. The number of fused-ring (bicyclic) bond motifs is 1. The molecule has 0 spiro atoms. The molecule has 0 aliphatic rings. The van der Waals surface area contributed by atoms with Crippen LogP contribution in [0.3, 0.4) is 0 Å². The molecule has 4 heteroatoms. The molecule has 0 aliphatic carbocycles. The second-order valence-electron chi connectivity index (χ2n) is 5.06. The summed E-state index contributed by atoms with van der Waals surface area (Å²) in [7, 11) is 1.92. The molecule has 0 atom stereocenters. The van der Waals surface area contributed by atoms with E-state index in [1.165, 1.54) is 6.08 Å². The predicted octanol–water partition coefficient (Wildman–Crippen LogP) is 3.10. The zero-order chi connectivity index (χ0) is 16.2. The van der Waals surface area contributed by atoms with Crippen LogP contribution in [0.4, 0.5) is 5.69 Å². The Labute approximate surface area is 134 Å². The monoisotopic (exact) mass is 301 g/mol. The Bertz CT molecular complexity index is 943. The Balaban J connectivity index is 2.03. The summed E-state index contributed by atoms with van der Waals surface area (Å²) >= 11 is 0. The van der Waals surface area contributed by atoms with E-state index in [1.54, 1.807) is 6.20 Å². The van der Waals surface area contributed by atoms with Gasteiger partial charge in [-0.05, 0) is 24.3 Å². The molecule has 112 valence electrons. The fraction of sp³-hybridized carbons (Fsp3) is 0.0526. The summed E-state index contributed by atoms with van der Waals surface area (Å²) < 4.78 is 1.92. The molecule has 0 saturated heterocycles. The number of hydrogen-bond acceptors (Lipinski definition) is 2. The van der Waals surface area contributed by atoms with Crippen molar-refractivity contribution in [3.05, 3.63) is 72.6 Å². The van der Waals surface area contributed by atoms with Crippen molar-refractivity contribution < 1.29 is 4.79 Å². The van der Waals surface area contributed by atoms with Crippen molar-refractivity contribution in [1.82, 2.24) is 9.55 Å². The summed E-state index contributed by atoms with van der Waals surface area (Å²) in [6.07, 6.45) is 4.79. The number of hydrogen-bond donors (Lipinski definition) is 1. The molecule has 0 radical (unpaired) electrons. The number of carbonyl (C=O) groups is 1. The maximum atomic E-state index is 11.4. The molecule has 23 heavy (non-hydrogen) atoms. The van der Waals surface area contributed by atoms with Gasteiger partial charge in [0.15, 0.2) is 0 Å². The number of nitrogens with one attached hydrogen (secondary N) is 1. The van der Waals surface area contributed by atoms with Crippen LogP contribution >= 0.6 is 0 Å². The van der Waals surface area contributed by atoms with E-state index < -0.39 is 0 Å². The van der Waals surface area contributed by atoms with Crippen LogP contribution in [0.2, 0.25) is 0 Å². The number of anilines is 1. The van der Waals surface area contributed by atoms with E-state index in [2.05, 4.69) is 28.7 Å². The quantitative estimate of drug-likeness (QED) is 0.584. The van der Waals surface area contributed by atoms with Gasteiger partial charge in [-0.25, -0.2) is 4.98 Å². The molecule has 2 aromatic heterocycles. The number of pyridine rings is 1. The molecule has 1 N–H and O–H groups in total. The molecule has 1 amide bonds. The third kappa shape index (κ3) is 3.14. The van der Waals surface area contributed by atoms with Crippen LogP contribution in [-0.2, 0) is 11.8 Å². The second-order valence-corrected chi connectivity index (χ2v) is 5.06. The highest BCUT2D eigenvalue weighted by Crippen LogP contribution is 2.21. The summed E-state index contributed by atoms with van der Waals surface area (Å²) in [4.78, 5) is 15.8. The van der Waals surface area contributed by atoms with Gasteiger partial charge in [-0.1, -0.05) is 36.6 Å². The first-order valence-electron chi connectivity index (χ1n) is 7.13. The van der Waals surface area contributed by atoms with E-state index in [9.17, 15) is 4.79 Å². The van der Waals surface area contributed by atoms with Gasteiger partial charge in [-0.2, -0.15) is 0 Å². The standard InChI is InChI=1S/C19H15N3O/c1-3-18(23)21-16-11-17-15(13-22(2)19(17)20-12-16)10-9-14-7-5-4-6-8-14/h3-8,11-13H,1H2,2H3,(H,21,23). The largest absolute Gasteiger partial charge is 0.334 e. The first kappa shape index (κ1) is 14.6. The van der Waals surface area contributed by atoms with E-state index in [0.29, 0.717) is 5.69 Å². The molecular weight excluding hydrogens is 286 g/mol. The number of amides is 1. The van der Waals surface area contributed by atoms with Gasteiger partial charge in [0.1, 0.15) is 5.65 Å². The number of aromatic nitrogens is 2. The number of carbonyl (C=O) groups excluding carboxylic acids is 1. The van der Waals surface area contributed by atoms with Crippen molar-refractivity contribution in [2.45, 2.75) is 0 Å². The lowest BCUT2D eigenvalue weighted by Crippen LogP contribution is -2.07. The highest BCUT2D eigenvalue weighted by atomic mass is 16.1. The van der Waals surface area contributed by atoms with E-state index in [-0.39, 0.29) is 5.91 Å². The Hall–Kier alpha value is -3.32. The summed E-state index contributed by atoms with van der Waals surface area (Å²) in [5, 5.41) is 3.62. The van der Waals surface area contributed by atoms with Gasteiger partial charge < -0.3 is 9.88 Å². The minimum atomic E-state index is -0.265. The SMILES string of the molecule is C=CC(=O)Nc1cnc2c(c1)c(C#Cc1ccccc1)cn2C. The lowest BCUT2D eigenvalue weighted by molar-refractivity contribution is -0.111. The second kappa shape index (κ2) is 6.20. The van der Waals surface area contributed by atoms with Crippen LogP contribution < -0.4 is 5.32 Å². The average Bonchev–Trinajstić information content (AvgIpc) is 2.89. The van der Waals surface area contributed by atoms with Crippen LogP contribution in [0.25, 0.3) is 11.0 Å². The Morgan fingerprint density at radius 3 is 2.83 bits per heavy atom. The van der Waals surface area contributed by atoms with E-state index in [4.69, 9.17) is 0 Å². The van der Waals surface area contributed by atoms with E-state index in [0.717, 1.165) is 22.2 Å². The van der Waals surface area contributed by atoms with Crippen molar-refractivity contribution in [2.75, 3.05) is 5.32 Å². The predicted molar refractivity (Wildman–Crippen MR) is 92.0 cm³/mol. The Kier molecular flexibility index (Phi) is 3.94. The molecular formula is C19H15N3O. The van der Waals surface area contributed by atoms with Crippen molar-refractivity contribution >= 4 is 22.6 Å². The molecule has 0 unspecified atom stereocenters. The van der Waals surface area contributed by atoms with Crippen LogP contribution in [0, 0.1) is 11.8 Å². The molecule has 4 nitrogen and oxygen atoms in total. The van der Waals surface area contributed by atoms with Gasteiger partial charge in [0.2, 0.25) is 5.91 Å². The van der Waals surface area contributed by atoms with Gasteiger partial charge >= 0.3 is 0 Å². The molecule has 0 fully saturated rings. The fourth-order valence-electron chi connectivity index (χ4n) is 2.28. The van der Waals surface area contributed by atoms with Crippen molar-refractivity contribution in [3.8, 4) is 11.8 Å².